The zero-order valence-electron chi connectivity index (χ0n) is 14.3. The number of nitrogens with one attached hydrogen (secondary N) is 2. The number of rotatable bonds is 9. The van der Waals surface area contributed by atoms with E-state index in [4.69, 9.17) is 0 Å². The Bertz CT molecular complexity index is 598. The third-order valence-corrected chi connectivity index (χ3v) is 5.41. The number of hydrogen-bond acceptors (Lipinski definition) is 4. The minimum absolute atomic E-state index is 0.0634. The van der Waals surface area contributed by atoms with Crippen molar-refractivity contribution in [2.24, 2.45) is 0 Å². The molecule has 0 fully saturated rings. The number of hydrogen-bond donors (Lipinski definition) is 2. The molecule has 0 radical (unpaired) electrons. The monoisotopic (exact) mass is 341 g/mol. The van der Waals surface area contributed by atoms with Crippen LogP contribution in [0.2, 0.25) is 0 Å². The van der Waals surface area contributed by atoms with Crippen LogP contribution < -0.4 is 10.6 Å². The highest BCUT2D eigenvalue weighted by molar-refractivity contribution is 7.89. The van der Waals surface area contributed by atoms with Gasteiger partial charge in [-0.25, -0.2) is 12.7 Å². The topological polar surface area (TPSA) is 78.5 Å². The second-order valence-electron chi connectivity index (χ2n) is 5.62. The van der Waals surface area contributed by atoms with Crippen LogP contribution in [0.1, 0.15) is 31.7 Å². The summed E-state index contributed by atoms with van der Waals surface area (Å²) < 4.78 is 25.2. The first kappa shape index (κ1) is 19.6. The number of carbonyl (C=O) groups is 1. The minimum Gasteiger partial charge on any atom is -0.354 e. The van der Waals surface area contributed by atoms with Gasteiger partial charge in [-0.3, -0.25) is 4.79 Å². The molecule has 0 bridgehead atoms. The Balaban J connectivity index is 2.63. The van der Waals surface area contributed by atoms with E-state index >= 15 is 0 Å². The molecule has 2 N–H and O–H groups in total. The average molecular weight is 341 g/mol. The molecule has 0 heterocycles. The molecule has 0 saturated carbocycles. The zero-order chi connectivity index (χ0) is 17.5. The molecule has 0 aromatic heterocycles. The fourth-order valence-electron chi connectivity index (χ4n) is 2.02. The molecule has 0 saturated heterocycles. The maximum absolute atomic E-state index is 12.1. The van der Waals surface area contributed by atoms with Crippen molar-refractivity contribution in [3.05, 3.63) is 29.8 Å². The van der Waals surface area contributed by atoms with Gasteiger partial charge in [0.2, 0.25) is 15.9 Å². The second-order valence-corrected chi connectivity index (χ2v) is 7.77. The average Bonchev–Trinajstić information content (AvgIpc) is 2.53. The molecular formula is C16H27N3O3S. The van der Waals surface area contributed by atoms with E-state index in [0.29, 0.717) is 6.54 Å². The number of carbonyl (C=O) groups excluding carboxylic acids is 1. The minimum atomic E-state index is -3.44. The Kier molecular flexibility index (Phi) is 7.67. The quantitative estimate of drug-likeness (QED) is 0.661. The predicted octanol–water partition coefficient (Wildman–Crippen LogP) is 1.16. The van der Waals surface area contributed by atoms with Crippen LogP contribution in [0.3, 0.4) is 0 Å². The van der Waals surface area contributed by atoms with E-state index in [1.54, 1.807) is 12.1 Å². The van der Waals surface area contributed by atoms with Crippen LogP contribution in [-0.2, 0) is 14.8 Å². The molecule has 0 spiro atoms. The molecule has 1 rings (SSSR count). The van der Waals surface area contributed by atoms with Crippen molar-refractivity contribution in [3.63, 3.8) is 0 Å². The van der Waals surface area contributed by atoms with E-state index in [1.165, 1.54) is 30.5 Å². The molecule has 1 amide bonds. The molecule has 7 heteroatoms. The summed E-state index contributed by atoms with van der Waals surface area (Å²) in [6.07, 6.45) is 1.06. The Hall–Kier alpha value is -1.44. The van der Waals surface area contributed by atoms with Crippen LogP contribution in [0.5, 0.6) is 0 Å². The molecule has 1 unspecified atom stereocenters. The highest BCUT2D eigenvalue weighted by Gasteiger charge is 2.19. The maximum Gasteiger partial charge on any atom is 0.242 e. The summed E-state index contributed by atoms with van der Waals surface area (Å²) in [7, 11) is -0.454. The van der Waals surface area contributed by atoms with Crippen molar-refractivity contribution in [1.29, 1.82) is 0 Å². The predicted molar refractivity (Wildman–Crippen MR) is 91.9 cm³/mol. The first-order chi connectivity index (χ1) is 10.8. The third kappa shape index (κ3) is 5.60. The standard InChI is InChI=1S/C16H27N3O3S/c1-5-10-17-11-12-18-16(20)13(2)14-6-8-15(9-7-14)23(21,22)19(3)4/h6-9,13,17H,5,10-12H2,1-4H3,(H,18,20). The Morgan fingerprint density at radius 2 is 1.74 bits per heavy atom. The van der Waals surface area contributed by atoms with Gasteiger partial charge in [0.15, 0.2) is 0 Å². The summed E-state index contributed by atoms with van der Waals surface area (Å²) >= 11 is 0. The van der Waals surface area contributed by atoms with Crippen molar-refractivity contribution < 1.29 is 13.2 Å². The molecule has 0 aliphatic rings. The summed E-state index contributed by atoms with van der Waals surface area (Å²) in [6.45, 7) is 6.16. The van der Waals surface area contributed by atoms with Crippen LogP contribution >= 0.6 is 0 Å². The molecule has 1 atom stereocenters. The van der Waals surface area contributed by atoms with Gasteiger partial charge in [-0.15, -0.1) is 0 Å². The lowest BCUT2D eigenvalue weighted by Crippen LogP contribution is -2.34. The largest absolute Gasteiger partial charge is 0.354 e. The Morgan fingerprint density at radius 3 is 2.26 bits per heavy atom. The van der Waals surface area contributed by atoms with Crippen molar-refractivity contribution in [2.75, 3.05) is 33.7 Å². The van der Waals surface area contributed by atoms with E-state index in [2.05, 4.69) is 17.6 Å². The van der Waals surface area contributed by atoms with Crippen LogP contribution in [0.4, 0.5) is 0 Å². The van der Waals surface area contributed by atoms with E-state index in [0.717, 1.165) is 25.1 Å². The number of nitrogens with zero attached hydrogens (tertiary/aromatic N) is 1. The van der Waals surface area contributed by atoms with Crippen molar-refractivity contribution in [3.8, 4) is 0 Å². The second kappa shape index (κ2) is 9.00. The normalized spacial score (nSPS) is 13.1. The van der Waals surface area contributed by atoms with Gasteiger partial charge < -0.3 is 10.6 Å². The van der Waals surface area contributed by atoms with Gasteiger partial charge in [0.05, 0.1) is 10.8 Å². The third-order valence-electron chi connectivity index (χ3n) is 3.58. The molecule has 0 aliphatic heterocycles. The number of benzene rings is 1. The fraction of sp³-hybridized carbons (Fsp3) is 0.562. The van der Waals surface area contributed by atoms with E-state index in [9.17, 15) is 13.2 Å². The smallest absolute Gasteiger partial charge is 0.242 e. The first-order valence-corrected chi connectivity index (χ1v) is 9.25. The van der Waals surface area contributed by atoms with Crippen LogP contribution in [0, 0.1) is 0 Å². The molecular weight excluding hydrogens is 314 g/mol. The van der Waals surface area contributed by atoms with Gasteiger partial charge in [-0.2, -0.15) is 0 Å². The summed E-state index contributed by atoms with van der Waals surface area (Å²) in [5, 5.41) is 6.09. The number of sulfonamides is 1. The van der Waals surface area contributed by atoms with Crippen LogP contribution in [0.15, 0.2) is 29.2 Å². The van der Waals surface area contributed by atoms with Crippen molar-refractivity contribution >= 4 is 15.9 Å². The van der Waals surface area contributed by atoms with Crippen molar-refractivity contribution in [1.82, 2.24) is 14.9 Å². The molecule has 6 nitrogen and oxygen atoms in total. The van der Waals surface area contributed by atoms with Gasteiger partial charge in [0, 0.05) is 27.2 Å². The van der Waals surface area contributed by atoms with Gasteiger partial charge in [-0.05, 0) is 37.6 Å². The SMILES string of the molecule is CCCNCCNC(=O)C(C)c1ccc(S(=O)(=O)N(C)C)cc1. The van der Waals surface area contributed by atoms with E-state index in [-0.39, 0.29) is 16.7 Å². The van der Waals surface area contributed by atoms with Crippen LogP contribution in [0.25, 0.3) is 0 Å². The van der Waals surface area contributed by atoms with Gasteiger partial charge in [0.25, 0.3) is 0 Å². The van der Waals surface area contributed by atoms with Crippen LogP contribution in [-0.4, -0.2) is 52.4 Å². The van der Waals surface area contributed by atoms with E-state index < -0.39 is 10.0 Å². The van der Waals surface area contributed by atoms with E-state index in [1.807, 2.05) is 6.92 Å². The zero-order valence-corrected chi connectivity index (χ0v) is 15.1. The highest BCUT2D eigenvalue weighted by Crippen LogP contribution is 2.19. The molecule has 1 aromatic rings. The summed E-state index contributed by atoms with van der Waals surface area (Å²) in [6, 6.07) is 6.46. The molecule has 0 aliphatic carbocycles. The summed E-state index contributed by atoms with van der Waals surface area (Å²) in [5.41, 5.74) is 0.793. The van der Waals surface area contributed by atoms with Gasteiger partial charge >= 0.3 is 0 Å². The summed E-state index contributed by atoms with van der Waals surface area (Å²) in [4.78, 5) is 12.3. The molecule has 23 heavy (non-hydrogen) atoms. The molecule has 130 valence electrons. The first-order valence-electron chi connectivity index (χ1n) is 7.81. The lowest BCUT2D eigenvalue weighted by molar-refractivity contribution is -0.122. The lowest BCUT2D eigenvalue weighted by Gasteiger charge is -2.15. The highest BCUT2D eigenvalue weighted by atomic mass is 32.2. The fourth-order valence-corrected chi connectivity index (χ4v) is 2.92. The van der Waals surface area contributed by atoms with Crippen molar-refractivity contribution in [2.45, 2.75) is 31.1 Å². The van der Waals surface area contributed by atoms with Gasteiger partial charge in [-0.1, -0.05) is 19.1 Å². The van der Waals surface area contributed by atoms with Gasteiger partial charge in [0.1, 0.15) is 0 Å². The lowest BCUT2D eigenvalue weighted by atomic mass is 10.0. The molecule has 1 aromatic carbocycles. The Morgan fingerprint density at radius 1 is 1.13 bits per heavy atom. The Labute approximate surface area is 139 Å². The summed E-state index contributed by atoms with van der Waals surface area (Å²) in [5.74, 6) is -0.385. The number of amides is 1. The maximum atomic E-state index is 12.1.